The Kier molecular flexibility index (Phi) is 4.53. The number of rotatable bonds is 5. The van der Waals surface area contributed by atoms with Crippen molar-refractivity contribution in [2.75, 3.05) is 12.3 Å². The lowest BCUT2D eigenvalue weighted by molar-refractivity contribution is -0.150. The molecule has 98 valence electrons. The van der Waals surface area contributed by atoms with Gasteiger partial charge >= 0.3 is 5.97 Å². The first-order valence-corrected chi connectivity index (χ1v) is 5.48. The molecule has 18 heavy (non-hydrogen) atoms. The summed E-state index contributed by atoms with van der Waals surface area (Å²) in [6.45, 7) is 3.48. The second-order valence-electron chi connectivity index (χ2n) is 3.63. The van der Waals surface area contributed by atoms with Crippen molar-refractivity contribution in [3.05, 3.63) is 23.8 Å². The van der Waals surface area contributed by atoms with Crippen molar-refractivity contribution in [1.29, 1.82) is 0 Å². The minimum absolute atomic E-state index is 0.131. The minimum Gasteiger partial charge on any atom is -0.478 e. The third-order valence-electron chi connectivity index (χ3n) is 2.19. The van der Waals surface area contributed by atoms with E-state index in [1.54, 1.807) is 13.0 Å². The number of carbonyl (C=O) groups is 2. The fraction of sp³-hybridized carbons (Fsp3) is 0.333. The van der Waals surface area contributed by atoms with Gasteiger partial charge in [0, 0.05) is 5.69 Å². The molecule has 0 bridgehead atoms. The molecule has 6 heteroatoms. The van der Waals surface area contributed by atoms with Gasteiger partial charge in [0.25, 0.3) is 5.91 Å². The van der Waals surface area contributed by atoms with Crippen LogP contribution in [0.1, 0.15) is 24.2 Å². The molecule has 0 aliphatic carbocycles. The first-order chi connectivity index (χ1) is 8.45. The van der Waals surface area contributed by atoms with E-state index in [0.717, 1.165) is 0 Å². The van der Waals surface area contributed by atoms with Gasteiger partial charge in [0.1, 0.15) is 5.75 Å². The molecule has 1 aromatic carbocycles. The standard InChI is InChI=1S/C12H16N2O4/c1-3-17-12(16)7(2)18-10-5-4-8(13)6-9(10)11(14)15/h4-7H,3,13H2,1-2H3,(H2,14,15). The van der Waals surface area contributed by atoms with Gasteiger partial charge in [-0.2, -0.15) is 0 Å². The molecular formula is C12H16N2O4. The van der Waals surface area contributed by atoms with Crippen LogP contribution >= 0.6 is 0 Å². The van der Waals surface area contributed by atoms with E-state index in [0.29, 0.717) is 5.69 Å². The molecule has 6 nitrogen and oxygen atoms in total. The van der Waals surface area contributed by atoms with Crippen LogP contribution < -0.4 is 16.2 Å². The van der Waals surface area contributed by atoms with Gasteiger partial charge in [-0.1, -0.05) is 0 Å². The summed E-state index contributed by atoms with van der Waals surface area (Å²) >= 11 is 0. The molecule has 0 aromatic heterocycles. The van der Waals surface area contributed by atoms with Gasteiger partial charge < -0.3 is 20.9 Å². The third kappa shape index (κ3) is 3.38. The molecule has 1 atom stereocenters. The number of esters is 1. The van der Waals surface area contributed by atoms with Crippen molar-refractivity contribution in [2.24, 2.45) is 5.73 Å². The fourth-order valence-electron chi connectivity index (χ4n) is 1.34. The highest BCUT2D eigenvalue weighted by atomic mass is 16.6. The quantitative estimate of drug-likeness (QED) is 0.592. The maximum atomic E-state index is 11.4. The Labute approximate surface area is 105 Å². The fourth-order valence-corrected chi connectivity index (χ4v) is 1.34. The molecule has 0 spiro atoms. The normalized spacial score (nSPS) is 11.7. The maximum absolute atomic E-state index is 11.4. The first kappa shape index (κ1) is 13.8. The van der Waals surface area contributed by atoms with E-state index in [-0.39, 0.29) is 17.9 Å². The number of ether oxygens (including phenoxy) is 2. The van der Waals surface area contributed by atoms with Crippen LogP contribution in [0, 0.1) is 0 Å². The number of carbonyl (C=O) groups excluding carboxylic acids is 2. The van der Waals surface area contributed by atoms with E-state index >= 15 is 0 Å². The van der Waals surface area contributed by atoms with Crippen molar-refractivity contribution in [2.45, 2.75) is 20.0 Å². The number of nitrogens with two attached hydrogens (primary N) is 2. The van der Waals surface area contributed by atoms with Crippen molar-refractivity contribution in [1.82, 2.24) is 0 Å². The second kappa shape index (κ2) is 5.90. The number of benzene rings is 1. The summed E-state index contributed by atoms with van der Waals surface area (Å²) in [5.74, 6) is -0.977. The molecule has 1 unspecified atom stereocenters. The van der Waals surface area contributed by atoms with Crippen LogP contribution in [-0.2, 0) is 9.53 Å². The highest BCUT2D eigenvalue weighted by Gasteiger charge is 2.19. The lowest BCUT2D eigenvalue weighted by Crippen LogP contribution is -2.27. The van der Waals surface area contributed by atoms with Gasteiger partial charge in [0.05, 0.1) is 12.2 Å². The lowest BCUT2D eigenvalue weighted by Gasteiger charge is -2.15. The Morgan fingerprint density at radius 1 is 1.39 bits per heavy atom. The van der Waals surface area contributed by atoms with E-state index in [4.69, 9.17) is 20.9 Å². The zero-order valence-electron chi connectivity index (χ0n) is 10.3. The predicted molar refractivity (Wildman–Crippen MR) is 66.1 cm³/mol. The van der Waals surface area contributed by atoms with Gasteiger partial charge in [-0.3, -0.25) is 4.79 Å². The van der Waals surface area contributed by atoms with E-state index in [1.165, 1.54) is 19.1 Å². The summed E-state index contributed by atoms with van der Waals surface area (Å²) in [6.07, 6.45) is -0.827. The molecule has 0 aliphatic rings. The van der Waals surface area contributed by atoms with Crippen molar-refractivity contribution in [3.63, 3.8) is 0 Å². The monoisotopic (exact) mass is 252 g/mol. The zero-order chi connectivity index (χ0) is 13.7. The highest BCUT2D eigenvalue weighted by Crippen LogP contribution is 2.22. The number of nitrogen functional groups attached to an aromatic ring is 1. The summed E-state index contributed by atoms with van der Waals surface area (Å²) in [5, 5.41) is 0. The van der Waals surface area contributed by atoms with Gasteiger partial charge in [-0.05, 0) is 32.0 Å². The van der Waals surface area contributed by atoms with E-state index in [2.05, 4.69) is 0 Å². The number of hydrogen-bond acceptors (Lipinski definition) is 5. The number of amides is 1. The minimum atomic E-state index is -0.827. The molecule has 0 aliphatic heterocycles. The molecule has 4 N–H and O–H groups in total. The summed E-state index contributed by atoms with van der Waals surface area (Å²) in [5.41, 5.74) is 11.3. The van der Waals surface area contributed by atoms with Crippen LogP contribution in [-0.4, -0.2) is 24.6 Å². The molecule has 0 saturated heterocycles. The molecule has 0 heterocycles. The second-order valence-corrected chi connectivity index (χ2v) is 3.63. The number of anilines is 1. The average molecular weight is 252 g/mol. The maximum Gasteiger partial charge on any atom is 0.347 e. The Morgan fingerprint density at radius 3 is 2.61 bits per heavy atom. The van der Waals surface area contributed by atoms with Crippen LogP contribution in [0.5, 0.6) is 5.75 Å². The Hall–Kier alpha value is -2.24. The molecule has 1 rings (SSSR count). The summed E-state index contributed by atoms with van der Waals surface area (Å²) in [4.78, 5) is 22.6. The topological polar surface area (TPSA) is 105 Å². The molecule has 0 fully saturated rings. The van der Waals surface area contributed by atoms with Crippen molar-refractivity contribution in [3.8, 4) is 5.75 Å². The van der Waals surface area contributed by atoms with Crippen molar-refractivity contribution < 1.29 is 19.1 Å². The first-order valence-electron chi connectivity index (χ1n) is 5.48. The van der Waals surface area contributed by atoms with E-state index in [9.17, 15) is 9.59 Å². The molecule has 1 aromatic rings. The highest BCUT2D eigenvalue weighted by molar-refractivity contribution is 5.96. The van der Waals surface area contributed by atoms with Crippen LogP contribution in [0.2, 0.25) is 0 Å². The lowest BCUT2D eigenvalue weighted by atomic mass is 10.1. The van der Waals surface area contributed by atoms with E-state index < -0.39 is 18.0 Å². The van der Waals surface area contributed by atoms with E-state index in [1.807, 2.05) is 0 Å². The van der Waals surface area contributed by atoms with Gasteiger partial charge in [-0.25, -0.2) is 4.79 Å². The van der Waals surface area contributed by atoms with Crippen LogP contribution in [0.15, 0.2) is 18.2 Å². The Balaban J connectivity index is 2.90. The predicted octanol–water partition coefficient (Wildman–Crippen LogP) is 0.698. The summed E-state index contributed by atoms with van der Waals surface area (Å²) < 4.78 is 10.1. The van der Waals surface area contributed by atoms with Crippen molar-refractivity contribution >= 4 is 17.6 Å². The third-order valence-corrected chi connectivity index (χ3v) is 2.19. The van der Waals surface area contributed by atoms with Gasteiger partial charge in [0.2, 0.25) is 0 Å². The summed E-state index contributed by atoms with van der Waals surface area (Å²) in [6, 6.07) is 4.44. The average Bonchev–Trinajstić information content (AvgIpc) is 2.31. The molecule has 0 radical (unpaired) electrons. The molecular weight excluding hydrogens is 236 g/mol. The van der Waals surface area contributed by atoms with Crippen LogP contribution in [0.4, 0.5) is 5.69 Å². The zero-order valence-corrected chi connectivity index (χ0v) is 10.3. The Morgan fingerprint density at radius 2 is 2.06 bits per heavy atom. The van der Waals surface area contributed by atoms with Crippen LogP contribution in [0.3, 0.4) is 0 Å². The number of primary amides is 1. The molecule has 0 saturated carbocycles. The van der Waals surface area contributed by atoms with Gasteiger partial charge in [0.15, 0.2) is 6.10 Å². The molecule has 1 amide bonds. The SMILES string of the molecule is CCOC(=O)C(C)Oc1ccc(N)cc1C(N)=O. The smallest absolute Gasteiger partial charge is 0.347 e. The summed E-state index contributed by atoms with van der Waals surface area (Å²) in [7, 11) is 0. The van der Waals surface area contributed by atoms with Crippen LogP contribution in [0.25, 0.3) is 0 Å². The number of hydrogen-bond donors (Lipinski definition) is 2. The largest absolute Gasteiger partial charge is 0.478 e. The van der Waals surface area contributed by atoms with Gasteiger partial charge in [-0.15, -0.1) is 0 Å². The Bertz CT molecular complexity index is 459.